The zero-order valence-electron chi connectivity index (χ0n) is 22.9. The summed E-state index contributed by atoms with van der Waals surface area (Å²) in [4.78, 5) is 26.0. The molecule has 2 atom stereocenters. The van der Waals surface area contributed by atoms with Crippen molar-refractivity contribution in [1.82, 2.24) is 0 Å². The van der Waals surface area contributed by atoms with Crippen molar-refractivity contribution in [3.05, 3.63) is 89.0 Å². The molecule has 0 saturated heterocycles. The predicted octanol–water partition coefficient (Wildman–Crippen LogP) is 6.22. The number of Topliss-reactive ketones (excluding diaryl/α,β-unsaturated/α-hetero) is 1. The van der Waals surface area contributed by atoms with Gasteiger partial charge in [0.05, 0.1) is 12.0 Å². The van der Waals surface area contributed by atoms with Gasteiger partial charge < -0.3 is 9.47 Å². The third-order valence-electron chi connectivity index (χ3n) is 6.05. The summed E-state index contributed by atoms with van der Waals surface area (Å²) < 4.78 is 39.0. The van der Waals surface area contributed by atoms with E-state index in [1.54, 1.807) is 63.2 Å². The average Bonchev–Trinajstić information content (AvgIpc) is 2.82. The van der Waals surface area contributed by atoms with Gasteiger partial charge in [0.2, 0.25) is 0 Å². The second kappa shape index (κ2) is 11.4. The number of rotatable bonds is 8. The van der Waals surface area contributed by atoms with E-state index in [4.69, 9.17) is 9.47 Å². The number of benzene rings is 3. The van der Waals surface area contributed by atoms with E-state index in [1.165, 1.54) is 26.2 Å². The monoisotopic (exact) mass is 537 g/mol. The first-order valence-corrected chi connectivity index (χ1v) is 13.8. The Morgan fingerprint density at radius 2 is 1.42 bits per heavy atom. The summed E-state index contributed by atoms with van der Waals surface area (Å²) in [5.74, 6) is -1.04. The Balaban J connectivity index is 2.29. The third kappa shape index (κ3) is 6.81. The quantitative estimate of drug-likeness (QED) is 0.366. The summed E-state index contributed by atoms with van der Waals surface area (Å²) in [6, 6.07) is 18.7. The van der Waals surface area contributed by atoms with Crippen LogP contribution >= 0.6 is 0 Å². The Hall–Kier alpha value is -3.65. The van der Waals surface area contributed by atoms with Crippen LogP contribution < -0.4 is 10.1 Å². The number of anilines is 1. The summed E-state index contributed by atoms with van der Waals surface area (Å²) in [5, 5.41) is 1.28. The van der Waals surface area contributed by atoms with E-state index in [-0.39, 0.29) is 4.90 Å². The van der Waals surface area contributed by atoms with Crippen molar-refractivity contribution in [1.29, 1.82) is 0 Å². The van der Waals surface area contributed by atoms with Crippen LogP contribution in [0, 0.1) is 13.8 Å². The molecule has 0 radical (unpaired) electrons. The van der Waals surface area contributed by atoms with Crippen molar-refractivity contribution >= 4 is 27.4 Å². The molecule has 0 aliphatic carbocycles. The highest BCUT2D eigenvalue weighted by molar-refractivity contribution is 7.92. The summed E-state index contributed by atoms with van der Waals surface area (Å²) in [6.45, 7) is 10.3. The lowest BCUT2D eigenvalue weighted by molar-refractivity contribution is -0.116. The first-order valence-electron chi connectivity index (χ1n) is 12.3. The smallest absolute Gasteiger partial charge is 0.412 e. The number of carbonyl (C=O) groups is 2. The normalized spacial score (nSPS) is 13.3. The molecule has 0 heterocycles. The number of amides is 1. The van der Waals surface area contributed by atoms with Crippen LogP contribution in [0.25, 0.3) is 0 Å². The van der Waals surface area contributed by atoms with E-state index in [1.807, 2.05) is 26.0 Å². The lowest BCUT2D eigenvalue weighted by Crippen LogP contribution is -2.36. The van der Waals surface area contributed by atoms with Crippen molar-refractivity contribution < 1.29 is 27.5 Å². The Labute approximate surface area is 225 Å². The summed E-state index contributed by atoms with van der Waals surface area (Å²) in [7, 11) is -2.66. The summed E-state index contributed by atoms with van der Waals surface area (Å²) in [5.41, 5.74) is 2.46. The number of ether oxygens (including phenoxy) is 2. The van der Waals surface area contributed by atoms with Crippen LogP contribution in [0.3, 0.4) is 0 Å². The van der Waals surface area contributed by atoms with E-state index in [2.05, 4.69) is 5.32 Å². The molecule has 202 valence electrons. The first kappa shape index (κ1) is 28.9. The highest BCUT2D eigenvalue weighted by Crippen LogP contribution is 2.40. The van der Waals surface area contributed by atoms with Crippen LogP contribution in [-0.4, -0.2) is 38.3 Å². The zero-order valence-corrected chi connectivity index (χ0v) is 23.7. The molecule has 8 heteroatoms. The highest BCUT2D eigenvalue weighted by Gasteiger charge is 2.41. The van der Waals surface area contributed by atoms with E-state index < -0.39 is 38.5 Å². The fraction of sp³-hybridized carbons (Fsp3) is 0.333. The van der Waals surface area contributed by atoms with Gasteiger partial charge in [0.1, 0.15) is 22.4 Å². The molecule has 38 heavy (non-hydrogen) atoms. The molecule has 0 spiro atoms. The molecule has 1 amide bonds. The molecule has 3 rings (SSSR count). The van der Waals surface area contributed by atoms with Crippen molar-refractivity contribution in [3.63, 3.8) is 0 Å². The maximum Gasteiger partial charge on any atom is 0.412 e. The molecule has 2 unspecified atom stereocenters. The van der Waals surface area contributed by atoms with Crippen molar-refractivity contribution in [2.24, 2.45) is 0 Å². The number of methoxy groups -OCH3 is 1. The van der Waals surface area contributed by atoms with Gasteiger partial charge in [-0.25, -0.2) is 13.2 Å². The largest absolute Gasteiger partial charge is 0.497 e. The highest BCUT2D eigenvalue weighted by atomic mass is 32.2. The van der Waals surface area contributed by atoms with Gasteiger partial charge in [-0.05, 0) is 83.0 Å². The molecule has 0 aromatic heterocycles. The Morgan fingerprint density at radius 3 is 1.92 bits per heavy atom. The number of aryl methyl sites for hydroxylation is 2. The molecule has 3 aromatic carbocycles. The van der Waals surface area contributed by atoms with E-state index in [9.17, 15) is 18.0 Å². The number of hydrogen-bond acceptors (Lipinski definition) is 6. The van der Waals surface area contributed by atoms with E-state index in [0.717, 1.165) is 11.1 Å². The molecule has 0 bridgehead atoms. The van der Waals surface area contributed by atoms with Crippen molar-refractivity contribution in [3.8, 4) is 5.75 Å². The number of carbonyl (C=O) groups excluding carboxylic acids is 2. The number of sulfone groups is 1. The zero-order chi connectivity index (χ0) is 28.3. The van der Waals surface area contributed by atoms with Crippen LogP contribution in [0.4, 0.5) is 10.5 Å². The molecule has 0 fully saturated rings. The predicted molar refractivity (Wildman–Crippen MR) is 149 cm³/mol. The molecule has 3 aromatic rings. The lowest BCUT2D eigenvalue weighted by Gasteiger charge is -2.29. The summed E-state index contributed by atoms with van der Waals surface area (Å²) in [6.07, 6.45) is -0.702. The molecular weight excluding hydrogens is 502 g/mol. The van der Waals surface area contributed by atoms with Crippen molar-refractivity contribution in [2.75, 3.05) is 12.4 Å². The molecule has 7 nitrogen and oxygen atoms in total. The fourth-order valence-corrected chi connectivity index (χ4v) is 6.16. The molecule has 0 saturated carbocycles. The van der Waals surface area contributed by atoms with Crippen LogP contribution in [0.2, 0.25) is 0 Å². The molecule has 0 aliphatic heterocycles. The van der Waals surface area contributed by atoms with Crippen LogP contribution in [-0.2, 0) is 19.4 Å². The van der Waals surface area contributed by atoms with Crippen molar-refractivity contribution in [2.45, 2.75) is 63.2 Å². The van der Waals surface area contributed by atoms with Gasteiger partial charge in [0.15, 0.2) is 9.84 Å². The van der Waals surface area contributed by atoms with Gasteiger partial charge in [-0.2, -0.15) is 0 Å². The Kier molecular flexibility index (Phi) is 8.67. The minimum Gasteiger partial charge on any atom is -0.497 e. The fourth-order valence-electron chi connectivity index (χ4n) is 4.25. The minimum absolute atomic E-state index is 0.0463. The molecule has 1 N–H and O–H groups in total. The minimum atomic E-state index is -4.15. The Morgan fingerprint density at radius 1 is 0.868 bits per heavy atom. The van der Waals surface area contributed by atoms with Gasteiger partial charge in [-0.1, -0.05) is 47.5 Å². The van der Waals surface area contributed by atoms with Gasteiger partial charge >= 0.3 is 6.09 Å². The first-order chi connectivity index (χ1) is 17.7. The average molecular weight is 538 g/mol. The third-order valence-corrected chi connectivity index (χ3v) is 8.26. The van der Waals surface area contributed by atoms with E-state index in [0.29, 0.717) is 22.6 Å². The van der Waals surface area contributed by atoms with Crippen LogP contribution in [0.1, 0.15) is 55.9 Å². The molecule has 0 aliphatic rings. The van der Waals surface area contributed by atoms with E-state index >= 15 is 0 Å². The second-order valence-corrected chi connectivity index (χ2v) is 12.4. The SMILES string of the molecule is COc1ccc(NC(=O)OC(C)(C)C)c(C(c2ccc(C)cc2)C(C(C)=O)S(=O)(=O)c2ccc(C)cc2)c1. The van der Waals surface area contributed by atoms with Gasteiger partial charge in [0.25, 0.3) is 0 Å². The van der Waals surface area contributed by atoms with Gasteiger partial charge in [0, 0.05) is 11.6 Å². The maximum absolute atomic E-state index is 14.1. The van der Waals surface area contributed by atoms with Gasteiger partial charge in [-0.3, -0.25) is 10.1 Å². The van der Waals surface area contributed by atoms with Crippen LogP contribution in [0.15, 0.2) is 71.6 Å². The number of ketones is 1. The topological polar surface area (TPSA) is 98.8 Å². The van der Waals surface area contributed by atoms with Crippen LogP contribution in [0.5, 0.6) is 5.75 Å². The Bertz CT molecular complexity index is 1400. The van der Waals surface area contributed by atoms with Gasteiger partial charge in [-0.15, -0.1) is 0 Å². The second-order valence-electron chi connectivity index (χ2n) is 10.4. The number of hydrogen-bond donors (Lipinski definition) is 1. The molecular formula is C30H35NO6S. The summed E-state index contributed by atoms with van der Waals surface area (Å²) >= 11 is 0. The number of nitrogens with one attached hydrogen (secondary N) is 1. The maximum atomic E-state index is 14.1. The standard InChI is InChI=1S/C30H35NO6S/c1-19-8-12-22(13-9-19)27(28(21(3)32)38(34,35)24-15-10-20(2)11-16-24)25-18-23(36-7)14-17-26(25)31-29(33)37-30(4,5)6/h8-18,27-28H,1-7H3,(H,31,33). The lowest BCUT2D eigenvalue weighted by atomic mass is 9.85.